The molecule has 2 N–H and O–H groups in total. The zero-order valence-corrected chi connectivity index (χ0v) is 18.6. The van der Waals surface area contributed by atoms with Gasteiger partial charge in [-0.05, 0) is 43.7 Å². The lowest BCUT2D eigenvalue weighted by Crippen LogP contribution is -2.25. The summed E-state index contributed by atoms with van der Waals surface area (Å²) >= 11 is 7.13. The maximum absolute atomic E-state index is 13.2. The van der Waals surface area contributed by atoms with Gasteiger partial charge in [-0.2, -0.15) is 0 Å². The second-order valence-electron chi connectivity index (χ2n) is 7.30. The standard InChI is InChI=1S/C23H21ClN4O2S/c1-14(2)28-22(30)21-20(18(12-25-21)15-6-4-3-5-7-15)27-23(28)31-13-19(29)26-17-10-8-16(24)9-11-17/h3-12,14,25H,13H2,1-2H3,(H,26,29). The maximum atomic E-state index is 13.2. The number of halogens is 1. The molecule has 4 rings (SSSR count). The Balaban J connectivity index is 1.65. The Morgan fingerprint density at radius 2 is 1.87 bits per heavy atom. The monoisotopic (exact) mass is 452 g/mol. The second kappa shape index (κ2) is 8.99. The van der Waals surface area contributed by atoms with Crippen LogP contribution >= 0.6 is 23.4 Å². The molecule has 0 aliphatic rings. The van der Waals surface area contributed by atoms with E-state index in [2.05, 4.69) is 10.3 Å². The van der Waals surface area contributed by atoms with E-state index in [0.29, 0.717) is 26.9 Å². The molecule has 0 saturated heterocycles. The third kappa shape index (κ3) is 4.52. The number of amides is 1. The number of thioether (sulfide) groups is 1. The van der Waals surface area contributed by atoms with Crippen molar-refractivity contribution in [2.45, 2.75) is 25.0 Å². The summed E-state index contributed by atoms with van der Waals surface area (Å²) in [7, 11) is 0. The predicted octanol–water partition coefficient (Wildman–Crippen LogP) is 5.36. The van der Waals surface area contributed by atoms with Gasteiger partial charge in [-0.3, -0.25) is 14.2 Å². The number of hydrogen-bond donors (Lipinski definition) is 2. The highest BCUT2D eigenvalue weighted by atomic mass is 35.5. The van der Waals surface area contributed by atoms with Gasteiger partial charge in [-0.25, -0.2) is 4.98 Å². The highest BCUT2D eigenvalue weighted by molar-refractivity contribution is 7.99. The predicted molar refractivity (Wildman–Crippen MR) is 127 cm³/mol. The fourth-order valence-corrected chi connectivity index (χ4v) is 4.35. The lowest BCUT2D eigenvalue weighted by molar-refractivity contribution is -0.113. The second-order valence-corrected chi connectivity index (χ2v) is 8.68. The number of carbonyl (C=O) groups excluding carboxylic acids is 1. The third-order valence-electron chi connectivity index (χ3n) is 4.76. The molecule has 1 amide bonds. The van der Waals surface area contributed by atoms with Gasteiger partial charge < -0.3 is 10.3 Å². The Morgan fingerprint density at radius 1 is 1.16 bits per heavy atom. The number of fused-ring (bicyclic) bond motifs is 1. The van der Waals surface area contributed by atoms with Crippen LogP contribution in [0, 0.1) is 0 Å². The van der Waals surface area contributed by atoms with Crippen molar-refractivity contribution in [2.24, 2.45) is 0 Å². The third-order valence-corrected chi connectivity index (χ3v) is 5.97. The minimum atomic E-state index is -0.186. The van der Waals surface area contributed by atoms with Crippen LogP contribution in [0.15, 0.2) is 70.7 Å². The normalized spacial score (nSPS) is 11.2. The van der Waals surface area contributed by atoms with Crippen LogP contribution in [0.1, 0.15) is 19.9 Å². The molecule has 0 aliphatic heterocycles. The van der Waals surface area contributed by atoms with Crippen molar-refractivity contribution < 1.29 is 4.79 Å². The Bertz CT molecular complexity index is 1280. The SMILES string of the molecule is CC(C)n1c(SCC(=O)Nc2ccc(Cl)cc2)nc2c(-c3ccccc3)c[nH]c2c1=O. The minimum absolute atomic E-state index is 0.102. The van der Waals surface area contributed by atoms with E-state index >= 15 is 0 Å². The molecule has 0 aliphatic carbocycles. The van der Waals surface area contributed by atoms with Gasteiger partial charge in [0.15, 0.2) is 5.16 Å². The number of nitrogens with one attached hydrogen (secondary N) is 2. The van der Waals surface area contributed by atoms with Crippen molar-refractivity contribution in [3.8, 4) is 11.1 Å². The van der Waals surface area contributed by atoms with Gasteiger partial charge in [0.25, 0.3) is 5.56 Å². The average molecular weight is 453 g/mol. The lowest BCUT2D eigenvalue weighted by atomic mass is 10.1. The molecule has 2 heterocycles. The number of rotatable bonds is 6. The number of aromatic nitrogens is 3. The lowest BCUT2D eigenvalue weighted by Gasteiger charge is -2.15. The molecule has 6 nitrogen and oxygen atoms in total. The van der Waals surface area contributed by atoms with E-state index in [4.69, 9.17) is 16.6 Å². The van der Waals surface area contributed by atoms with Crippen molar-refractivity contribution in [1.29, 1.82) is 0 Å². The van der Waals surface area contributed by atoms with E-state index in [0.717, 1.165) is 11.1 Å². The first-order chi connectivity index (χ1) is 14.9. The van der Waals surface area contributed by atoms with E-state index in [1.165, 1.54) is 11.8 Å². The first-order valence-electron chi connectivity index (χ1n) is 9.81. The summed E-state index contributed by atoms with van der Waals surface area (Å²) in [5.41, 5.74) is 3.41. The smallest absolute Gasteiger partial charge is 0.278 e. The molecule has 0 spiro atoms. The van der Waals surface area contributed by atoms with Gasteiger partial charge in [0.05, 0.1) is 5.75 Å². The van der Waals surface area contributed by atoms with Crippen molar-refractivity contribution in [1.82, 2.24) is 14.5 Å². The highest BCUT2D eigenvalue weighted by Crippen LogP contribution is 2.28. The molecule has 4 aromatic rings. The molecule has 0 unspecified atom stereocenters. The van der Waals surface area contributed by atoms with E-state index in [1.807, 2.05) is 44.2 Å². The molecule has 2 aromatic carbocycles. The Morgan fingerprint density at radius 3 is 2.55 bits per heavy atom. The Hall–Kier alpha value is -3.03. The number of hydrogen-bond acceptors (Lipinski definition) is 4. The fraction of sp³-hybridized carbons (Fsp3) is 0.174. The van der Waals surface area contributed by atoms with Gasteiger partial charge in [0, 0.05) is 28.5 Å². The number of benzene rings is 2. The summed E-state index contributed by atoms with van der Waals surface area (Å²) in [6.45, 7) is 3.85. The quantitative estimate of drug-likeness (QED) is 0.305. The Kier molecular flexibility index (Phi) is 6.15. The topological polar surface area (TPSA) is 79.8 Å². The van der Waals surface area contributed by atoms with E-state index in [-0.39, 0.29) is 23.3 Å². The molecular weight excluding hydrogens is 432 g/mol. The molecule has 8 heteroatoms. The molecular formula is C23H21ClN4O2S. The number of anilines is 1. The fourth-order valence-electron chi connectivity index (χ4n) is 3.31. The van der Waals surface area contributed by atoms with Gasteiger partial charge in [-0.15, -0.1) is 0 Å². The summed E-state index contributed by atoms with van der Waals surface area (Å²) in [5, 5.41) is 3.95. The summed E-state index contributed by atoms with van der Waals surface area (Å²) in [5.74, 6) is -0.0624. The van der Waals surface area contributed by atoms with Crippen molar-refractivity contribution in [3.63, 3.8) is 0 Å². The average Bonchev–Trinajstić information content (AvgIpc) is 3.18. The zero-order valence-electron chi connectivity index (χ0n) is 17.1. The van der Waals surface area contributed by atoms with Crippen LogP contribution in [0.2, 0.25) is 5.02 Å². The molecule has 0 saturated carbocycles. The summed E-state index contributed by atoms with van der Waals surface area (Å²) in [6.07, 6.45) is 1.81. The number of H-pyrrole nitrogens is 1. The number of aromatic amines is 1. The maximum Gasteiger partial charge on any atom is 0.278 e. The molecule has 0 atom stereocenters. The number of carbonyl (C=O) groups is 1. The van der Waals surface area contributed by atoms with Crippen molar-refractivity contribution in [3.05, 3.63) is 76.2 Å². The van der Waals surface area contributed by atoms with Crippen LogP contribution in [0.4, 0.5) is 5.69 Å². The molecule has 0 bridgehead atoms. The summed E-state index contributed by atoms with van der Waals surface area (Å²) < 4.78 is 1.62. The van der Waals surface area contributed by atoms with Crippen LogP contribution in [-0.4, -0.2) is 26.2 Å². The van der Waals surface area contributed by atoms with Gasteiger partial charge in [0.1, 0.15) is 11.0 Å². The van der Waals surface area contributed by atoms with Gasteiger partial charge >= 0.3 is 0 Å². The van der Waals surface area contributed by atoms with Crippen LogP contribution in [0.3, 0.4) is 0 Å². The number of nitrogens with zero attached hydrogens (tertiary/aromatic N) is 2. The largest absolute Gasteiger partial charge is 0.355 e. The van der Waals surface area contributed by atoms with Crippen LogP contribution < -0.4 is 10.9 Å². The first kappa shape index (κ1) is 21.2. The van der Waals surface area contributed by atoms with E-state index in [1.54, 1.807) is 35.0 Å². The Labute approximate surface area is 188 Å². The summed E-state index contributed by atoms with van der Waals surface area (Å²) in [4.78, 5) is 33.5. The van der Waals surface area contributed by atoms with Gasteiger partial charge in [0.2, 0.25) is 5.91 Å². The highest BCUT2D eigenvalue weighted by Gasteiger charge is 2.19. The van der Waals surface area contributed by atoms with Crippen LogP contribution in [-0.2, 0) is 4.79 Å². The van der Waals surface area contributed by atoms with Crippen molar-refractivity contribution in [2.75, 3.05) is 11.1 Å². The molecule has 0 radical (unpaired) electrons. The molecule has 0 fully saturated rings. The molecule has 31 heavy (non-hydrogen) atoms. The molecule has 158 valence electrons. The molecule has 2 aromatic heterocycles. The van der Waals surface area contributed by atoms with E-state index < -0.39 is 0 Å². The zero-order chi connectivity index (χ0) is 22.0. The van der Waals surface area contributed by atoms with Gasteiger partial charge in [-0.1, -0.05) is 53.7 Å². The summed E-state index contributed by atoms with van der Waals surface area (Å²) in [6, 6.07) is 16.6. The van der Waals surface area contributed by atoms with Crippen LogP contribution in [0.5, 0.6) is 0 Å². The van der Waals surface area contributed by atoms with Crippen molar-refractivity contribution >= 4 is 46.0 Å². The first-order valence-corrected chi connectivity index (χ1v) is 11.2. The van der Waals surface area contributed by atoms with Crippen LogP contribution in [0.25, 0.3) is 22.2 Å². The van der Waals surface area contributed by atoms with E-state index in [9.17, 15) is 9.59 Å². The minimum Gasteiger partial charge on any atom is -0.355 e.